The van der Waals surface area contributed by atoms with Gasteiger partial charge in [-0.2, -0.15) is 0 Å². The lowest BCUT2D eigenvalue weighted by Crippen LogP contribution is -2.62. The van der Waals surface area contributed by atoms with Crippen molar-refractivity contribution < 1.29 is 9.84 Å². The smallest absolute Gasteiger partial charge is 0.0658 e. The summed E-state index contributed by atoms with van der Waals surface area (Å²) in [6.07, 6.45) is 3.59. The minimum atomic E-state index is 0.287. The largest absolute Gasteiger partial charge is 0.396 e. The summed E-state index contributed by atoms with van der Waals surface area (Å²) in [5, 5.41) is 12.5. The zero-order valence-electron chi connectivity index (χ0n) is 11.8. The fourth-order valence-corrected chi connectivity index (χ4v) is 2.73. The van der Waals surface area contributed by atoms with Gasteiger partial charge in [-0.05, 0) is 38.6 Å². The number of aliphatic hydroxyl groups is 1. The van der Waals surface area contributed by atoms with E-state index in [1.807, 2.05) is 0 Å². The fraction of sp³-hybridized carbons (Fsp3) is 1.00. The van der Waals surface area contributed by atoms with Gasteiger partial charge in [-0.3, -0.25) is 0 Å². The van der Waals surface area contributed by atoms with E-state index in [1.165, 1.54) is 0 Å². The molecule has 3 nitrogen and oxygen atoms in total. The molecule has 0 aromatic carbocycles. The van der Waals surface area contributed by atoms with E-state index < -0.39 is 0 Å². The highest BCUT2D eigenvalue weighted by Gasteiger charge is 2.50. The molecule has 0 radical (unpaired) electrons. The highest BCUT2D eigenvalue weighted by Crippen LogP contribution is 2.45. The van der Waals surface area contributed by atoms with E-state index in [1.54, 1.807) is 0 Å². The van der Waals surface area contributed by atoms with Crippen LogP contribution in [0, 0.1) is 11.3 Å². The summed E-state index contributed by atoms with van der Waals surface area (Å²) in [7, 11) is 0. The molecule has 0 spiro atoms. The predicted molar refractivity (Wildman–Crippen MR) is 71.1 cm³/mol. The molecule has 0 amide bonds. The number of hydrogen-bond donors (Lipinski definition) is 2. The number of ether oxygens (including phenoxy) is 1. The van der Waals surface area contributed by atoms with Gasteiger partial charge in [-0.25, -0.2) is 0 Å². The van der Waals surface area contributed by atoms with Gasteiger partial charge in [0.05, 0.1) is 6.10 Å². The summed E-state index contributed by atoms with van der Waals surface area (Å²) < 4.78 is 5.79. The number of hydrogen-bond acceptors (Lipinski definition) is 3. The van der Waals surface area contributed by atoms with Gasteiger partial charge < -0.3 is 15.2 Å². The number of rotatable bonds is 8. The van der Waals surface area contributed by atoms with Crippen molar-refractivity contribution >= 4 is 0 Å². The van der Waals surface area contributed by atoms with E-state index >= 15 is 0 Å². The van der Waals surface area contributed by atoms with Gasteiger partial charge in [0.2, 0.25) is 0 Å². The normalized spacial score (nSPS) is 34.4. The van der Waals surface area contributed by atoms with Crippen molar-refractivity contribution in [2.24, 2.45) is 11.3 Å². The standard InChI is InChI=1S/C14H29NO2/c1-5-14(4)12(9-13(14)17-6-2)15-10-11(3)7-8-16/h11-13,15-16H,5-10H2,1-4H3. The Morgan fingerprint density at radius 1 is 1.47 bits per heavy atom. The maximum atomic E-state index is 8.89. The maximum absolute atomic E-state index is 8.89. The molecule has 4 unspecified atom stereocenters. The Bertz CT molecular complexity index is 222. The summed E-state index contributed by atoms with van der Waals surface area (Å²) in [6, 6.07) is 0.574. The lowest BCUT2D eigenvalue weighted by molar-refractivity contribution is -0.126. The Morgan fingerprint density at radius 2 is 2.18 bits per heavy atom. The first-order valence-corrected chi connectivity index (χ1v) is 7.04. The van der Waals surface area contributed by atoms with E-state index in [2.05, 4.69) is 33.0 Å². The summed E-state index contributed by atoms with van der Waals surface area (Å²) in [5.74, 6) is 0.548. The molecule has 0 aromatic rings. The van der Waals surface area contributed by atoms with E-state index in [9.17, 15) is 0 Å². The molecule has 0 aliphatic heterocycles. The monoisotopic (exact) mass is 243 g/mol. The molecule has 1 saturated carbocycles. The van der Waals surface area contributed by atoms with Crippen LogP contribution in [0.15, 0.2) is 0 Å². The van der Waals surface area contributed by atoms with Crippen molar-refractivity contribution in [2.45, 2.75) is 59.1 Å². The second-order valence-corrected chi connectivity index (χ2v) is 5.62. The Balaban J connectivity index is 2.35. The van der Waals surface area contributed by atoms with E-state index in [0.717, 1.165) is 32.4 Å². The Kier molecular flexibility index (Phi) is 5.90. The SMILES string of the molecule is CCOC1CC(NCC(C)CCO)C1(C)CC. The van der Waals surface area contributed by atoms with Crippen LogP contribution in [0.25, 0.3) is 0 Å². The topological polar surface area (TPSA) is 41.5 Å². The number of nitrogens with one attached hydrogen (secondary N) is 1. The predicted octanol–water partition coefficient (Wildman–Crippen LogP) is 2.19. The molecule has 17 heavy (non-hydrogen) atoms. The fourth-order valence-electron chi connectivity index (χ4n) is 2.73. The lowest BCUT2D eigenvalue weighted by Gasteiger charge is -2.54. The molecule has 1 fully saturated rings. The van der Waals surface area contributed by atoms with Crippen LogP contribution in [0.3, 0.4) is 0 Å². The highest BCUT2D eigenvalue weighted by atomic mass is 16.5. The van der Waals surface area contributed by atoms with E-state index in [4.69, 9.17) is 9.84 Å². The molecule has 0 aromatic heterocycles. The van der Waals surface area contributed by atoms with Gasteiger partial charge in [0.1, 0.15) is 0 Å². The third kappa shape index (κ3) is 3.43. The zero-order valence-corrected chi connectivity index (χ0v) is 11.8. The lowest BCUT2D eigenvalue weighted by atomic mass is 9.61. The van der Waals surface area contributed by atoms with Crippen LogP contribution in [-0.4, -0.2) is 37.0 Å². The first-order chi connectivity index (χ1) is 8.08. The second kappa shape index (κ2) is 6.72. The van der Waals surface area contributed by atoms with Crippen molar-refractivity contribution in [3.8, 4) is 0 Å². The first kappa shape index (κ1) is 14.9. The average Bonchev–Trinajstić information content (AvgIpc) is 2.32. The molecule has 1 aliphatic carbocycles. The van der Waals surface area contributed by atoms with Crippen LogP contribution in [0.5, 0.6) is 0 Å². The average molecular weight is 243 g/mol. The Hall–Kier alpha value is -0.120. The molecule has 3 heteroatoms. The maximum Gasteiger partial charge on any atom is 0.0658 e. The third-order valence-electron chi connectivity index (χ3n) is 4.45. The van der Waals surface area contributed by atoms with Crippen molar-refractivity contribution in [3.63, 3.8) is 0 Å². The van der Waals surface area contributed by atoms with Gasteiger partial charge in [-0.1, -0.05) is 20.8 Å². The molecule has 1 aliphatic rings. The molecule has 0 bridgehead atoms. The molecule has 102 valence electrons. The van der Waals surface area contributed by atoms with Crippen LogP contribution < -0.4 is 5.32 Å². The Morgan fingerprint density at radius 3 is 2.71 bits per heavy atom. The van der Waals surface area contributed by atoms with Crippen molar-refractivity contribution in [1.82, 2.24) is 5.32 Å². The van der Waals surface area contributed by atoms with Gasteiger partial charge in [0.25, 0.3) is 0 Å². The van der Waals surface area contributed by atoms with E-state index in [0.29, 0.717) is 24.7 Å². The zero-order chi connectivity index (χ0) is 12.9. The van der Waals surface area contributed by atoms with Gasteiger partial charge in [0, 0.05) is 24.7 Å². The Labute approximate surface area is 106 Å². The molecule has 0 heterocycles. The van der Waals surface area contributed by atoms with Gasteiger partial charge in [-0.15, -0.1) is 0 Å². The summed E-state index contributed by atoms with van der Waals surface area (Å²) in [6.45, 7) is 10.9. The van der Waals surface area contributed by atoms with Crippen molar-refractivity contribution in [1.29, 1.82) is 0 Å². The van der Waals surface area contributed by atoms with E-state index in [-0.39, 0.29) is 5.41 Å². The van der Waals surface area contributed by atoms with Crippen LogP contribution in [0.2, 0.25) is 0 Å². The van der Waals surface area contributed by atoms with Crippen LogP contribution in [-0.2, 0) is 4.74 Å². The molecule has 2 N–H and O–H groups in total. The van der Waals surface area contributed by atoms with Crippen LogP contribution in [0.4, 0.5) is 0 Å². The number of aliphatic hydroxyl groups excluding tert-OH is 1. The second-order valence-electron chi connectivity index (χ2n) is 5.62. The molecule has 1 rings (SSSR count). The molecule has 0 saturated heterocycles. The van der Waals surface area contributed by atoms with Crippen molar-refractivity contribution in [2.75, 3.05) is 19.8 Å². The minimum Gasteiger partial charge on any atom is -0.396 e. The van der Waals surface area contributed by atoms with Crippen LogP contribution >= 0.6 is 0 Å². The molecule has 4 atom stereocenters. The summed E-state index contributed by atoms with van der Waals surface area (Å²) in [5.41, 5.74) is 0.287. The third-order valence-corrected chi connectivity index (χ3v) is 4.45. The quantitative estimate of drug-likeness (QED) is 0.686. The minimum absolute atomic E-state index is 0.287. The van der Waals surface area contributed by atoms with Gasteiger partial charge in [0.15, 0.2) is 0 Å². The molecular weight excluding hydrogens is 214 g/mol. The summed E-state index contributed by atoms with van der Waals surface area (Å²) >= 11 is 0. The highest BCUT2D eigenvalue weighted by molar-refractivity contribution is 5.04. The van der Waals surface area contributed by atoms with Crippen molar-refractivity contribution in [3.05, 3.63) is 0 Å². The van der Waals surface area contributed by atoms with Crippen LogP contribution in [0.1, 0.15) is 47.0 Å². The first-order valence-electron chi connectivity index (χ1n) is 7.04. The summed E-state index contributed by atoms with van der Waals surface area (Å²) in [4.78, 5) is 0. The van der Waals surface area contributed by atoms with Gasteiger partial charge >= 0.3 is 0 Å². The molecular formula is C14H29NO2.